The maximum atomic E-state index is 13.0. The van der Waals surface area contributed by atoms with E-state index in [4.69, 9.17) is 4.74 Å². The van der Waals surface area contributed by atoms with Gasteiger partial charge in [0, 0.05) is 23.7 Å². The zero-order valence-corrected chi connectivity index (χ0v) is 10.8. The Labute approximate surface area is 107 Å². The predicted molar refractivity (Wildman–Crippen MR) is 65.0 cm³/mol. The number of methoxy groups -OCH3 is 1. The number of rotatable bonds is 4. The van der Waals surface area contributed by atoms with E-state index in [1.54, 1.807) is 19.5 Å². The number of halogens is 2. The van der Waals surface area contributed by atoms with Gasteiger partial charge >= 0.3 is 0 Å². The first-order valence-electron chi connectivity index (χ1n) is 5.04. The van der Waals surface area contributed by atoms with Gasteiger partial charge in [0.25, 0.3) is 0 Å². The van der Waals surface area contributed by atoms with E-state index in [-0.39, 0.29) is 5.82 Å². The largest absolute Gasteiger partial charge is 0.383 e. The van der Waals surface area contributed by atoms with Gasteiger partial charge in [-0.3, -0.25) is 0 Å². The Hall–Kier alpha value is -1.27. The van der Waals surface area contributed by atoms with Crippen molar-refractivity contribution in [3.63, 3.8) is 0 Å². The number of hydrogen-bond donors (Lipinski definition) is 0. The lowest BCUT2D eigenvalue weighted by Gasteiger charge is -2.07. The zero-order chi connectivity index (χ0) is 12.3. The molecule has 0 bridgehead atoms. The van der Waals surface area contributed by atoms with Crippen LogP contribution in [0, 0.1) is 5.82 Å². The lowest BCUT2D eigenvalue weighted by molar-refractivity contribution is 0.187. The van der Waals surface area contributed by atoms with Gasteiger partial charge in [-0.15, -0.1) is 10.2 Å². The Morgan fingerprint density at radius 1 is 1.47 bits per heavy atom. The molecule has 1 aromatic heterocycles. The van der Waals surface area contributed by atoms with Crippen LogP contribution in [0.3, 0.4) is 0 Å². The smallest absolute Gasteiger partial charge is 0.164 e. The van der Waals surface area contributed by atoms with Gasteiger partial charge in [-0.25, -0.2) is 4.39 Å². The van der Waals surface area contributed by atoms with E-state index >= 15 is 0 Å². The van der Waals surface area contributed by atoms with Gasteiger partial charge in [-0.1, -0.05) is 0 Å². The molecule has 0 aliphatic carbocycles. The first-order valence-corrected chi connectivity index (χ1v) is 5.84. The third kappa shape index (κ3) is 2.70. The number of nitrogens with zero attached hydrogens (tertiary/aromatic N) is 3. The summed E-state index contributed by atoms with van der Waals surface area (Å²) in [5.74, 6) is 0.400. The minimum atomic E-state index is -0.288. The van der Waals surface area contributed by atoms with Crippen LogP contribution in [-0.2, 0) is 11.3 Å². The van der Waals surface area contributed by atoms with Crippen molar-refractivity contribution in [1.82, 2.24) is 14.8 Å². The van der Waals surface area contributed by atoms with E-state index in [1.165, 1.54) is 12.1 Å². The minimum Gasteiger partial charge on any atom is -0.383 e. The molecule has 0 fully saturated rings. The fraction of sp³-hybridized carbons (Fsp3) is 0.273. The molecule has 0 amide bonds. The van der Waals surface area contributed by atoms with Crippen molar-refractivity contribution in [2.75, 3.05) is 13.7 Å². The molecular formula is C11H11BrFN3O. The lowest BCUT2D eigenvalue weighted by Crippen LogP contribution is -2.05. The Kier molecular flexibility index (Phi) is 3.86. The van der Waals surface area contributed by atoms with Gasteiger partial charge in [0.2, 0.25) is 0 Å². The molecule has 4 nitrogen and oxygen atoms in total. The van der Waals surface area contributed by atoms with Crippen LogP contribution in [-0.4, -0.2) is 28.5 Å². The van der Waals surface area contributed by atoms with Crippen LogP contribution < -0.4 is 0 Å². The summed E-state index contributed by atoms with van der Waals surface area (Å²) in [6, 6.07) is 4.48. The van der Waals surface area contributed by atoms with Gasteiger partial charge in [0.1, 0.15) is 12.1 Å². The van der Waals surface area contributed by atoms with E-state index in [0.717, 1.165) is 5.56 Å². The average Bonchev–Trinajstić information content (AvgIpc) is 2.74. The van der Waals surface area contributed by atoms with E-state index in [1.807, 2.05) is 4.57 Å². The predicted octanol–water partition coefficient (Wildman–Crippen LogP) is 2.49. The fourth-order valence-electron chi connectivity index (χ4n) is 1.49. The second kappa shape index (κ2) is 5.37. The molecule has 17 heavy (non-hydrogen) atoms. The number of ether oxygens (including phenoxy) is 1. The third-order valence-corrected chi connectivity index (χ3v) is 2.98. The second-order valence-electron chi connectivity index (χ2n) is 3.46. The van der Waals surface area contributed by atoms with Crippen molar-refractivity contribution < 1.29 is 9.13 Å². The third-order valence-electron chi connectivity index (χ3n) is 2.32. The maximum Gasteiger partial charge on any atom is 0.164 e. The average molecular weight is 300 g/mol. The Morgan fingerprint density at radius 3 is 3.00 bits per heavy atom. The molecule has 90 valence electrons. The molecule has 0 atom stereocenters. The molecule has 2 rings (SSSR count). The number of hydrogen-bond acceptors (Lipinski definition) is 3. The van der Waals surface area contributed by atoms with Gasteiger partial charge < -0.3 is 9.30 Å². The molecule has 2 aromatic rings. The summed E-state index contributed by atoms with van der Waals surface area (Å²) >= 11 is 3.32. The van der Waals surface area contributed by atoms with Gasteiger partial charge in [0.05, 0.1) is 6.61 Å². The first kappa shape index (κ1) is 12.2. The van der Waals surface area contributed by atoms with Crippen LogP contribution in [0.1, 0.15) is 0 Å². The van der Waals surface area contributed by atoms with Crippen molar-refractivity contribution in [3.8, 4) is 11.4 Å². The molecule has 0 spiro atoms. The van der Waals surface area contributed by atoms with Crippen molar-refractivity contribution in [3.05, 3.63) is 34.8 Å². The minimum absolute atomic E-state index is 0.288. The molecule has 0 unspecified atom stereocenters. The molecule has 0 aliphatic rings. The van der Waals surface area contributed by atoms with Crippen LogP contribution in [0.25, 0.3) is 11.4 Å². The highest BCUT2D eigenvalue weighted by atomic mass is 79.9. The first-order chi connectivity index (χ1) is 8.22. The van der Waals surface area contributed by atoms with E-state index < -0.39 is 0 Å². The summed E-state index contributed by atoms with van der Waals surface area (Å²) in [5.41, 5.74) is 0.806. The molecule has 0 saturated carbocycles. The maximum absolute atomic E-state index is 13.0. The highest BCUT2D eigenvalue weighted by molar-refractivity contribution is 9.10. The summed E-state index contributed by atoms with van der Waals surface area (Å²) < 4.78 is 20.5. The Balaban J connectivity index is 2.35. The highest BCUT2D eigenvalue weighted by Crippen LogP contribution is 2.27. The van der Waals surface area contributed by atoms with Crippen molar-refractivity contribution in [2.45, 2.75) is 6.54 Å². The summed E-state index contributed by atoms with van der Waals surface area (Å²) in [5, 5.41) is 7.89. The topological polar surface area (TPSA) is 39.9 Å². The van der Waals surface area contributed by atoms with Crippen molar-refractivity contribution in [1.29, 1.82) is 0 Å². The molecule has 1 aromatic carbocycles. The number of aromatic nitrogens is 3. The normalized spacial score (nSPS) is 10.8. The van der Waals surface area contributed by atoms with Crippen LogP contribution in [0.2, 0.25) is 0 Å². The second-order valence-corrected chi connectivity index (χ2v) is 4.32. The quantitative estimate of drug-likeness (QED) is 0.871. The van der Waals surface area contributed by atoms with Gasteiger partial charge in [-0.2, -0.15) is 0 Å². The molecule has 0 aliphatic heterocycles. The van der Waals surface area contributed by atoms with Crippen LogP contribution in [0.4, 0.5) is 4.39 Å². The Bertz CT molecular complexity index is 515. The van der Waals surface area contributed by atoms with Crippen molar-refractivity contribution >= 4 is 15.9 Å². The Morgan fingerprint density at radius 2 is 2.29 bits per heavy atom. The van der Waals surface area contributed by atoms with E-state index in [0.29, 0.717) is 23.4 Å². The van der Waals surface area contributed by atoms with Crippen LogP contribution >= 0.6 is 15.9 Å². The highest BCUT2D eigenvalue weighted by Gasteiger charge is 2.11. The monoisotopic (exact) mass is 299 g/mol. The van der Waals surface area contributed by atoms with Gasteiger partial charge in [-0.05, 0) is 34.1 Å². The fourth-order valence-corrected chi connectivity index (χ4v) is 2.02. The lowest BCUT2D eigenvalue weighted by atomic mass is 10.2. The van der Waals surface area contributed by atoms with E-state index in [2.05, 4.69) is 26.1 Å². The van der Waals surface area contributed by atoms with E-state index in [9.17, 15) is 4.39 Å². The number of benzene rings is 1. The van der Waals surface area contributed by atoms with Crippen molar-refractivity contribution in [2.24, 2.45) is 0 Å². The summed E-state index contributed by atoms with van der Waals surface area (Å²) in [6.07, 6.45) is 1.63. The van der Waals surface area contributed by atoms with Crippen LogP contribution in [0.5, 0.6) is 0 Å². The standard InChI is InChI=1S/C11H11BrFN3O/c1-17-5-4-16-7-14-15-11(16)9-3-2-8(13)6-10(9)12/h2-3,6-7H,4-5H2,1H3. The molecule has 0 radical (unpaired) electrons. The molecule has 0 N–H and O–H groups in total. The SMILES string of the molecule is COCCn1cnnc1-c1ccc(F)cc1Br. The summed E-state index contributed by atoms with van der Waals surface area (Å²) in [4.78, 5) is 0. The van der Waals surface area contributed by atoms with Gasteiger partial charge in [0.15, 0.2) is 5.82 Å². The summed E-state index contributed by atoms with van der Waals surface area (Å²) in [6.45, 7) is 1.23. The zero-order valence-electron chi connectivity index (χ0n) is 9.23. The van der Waals surface area contributed by atoms with Crippen LogP contribution in [0.15, 0.2) is 29.0 Å². The summed E-state index contributed by atoms with van der Waals surface area (Å²) in [7, 11) is 1.64. The molecule has 0 saturated heterocycles. The molecule has 1 heterocycles. The molecule has 6 heteroatoms. The molecular weight excluding hydrogens is 289 g/mol.